The van der Waals surface area contributed by atoms with Crippen molar-refractivity contribution >= 4 is 33.5 Å². The minimum absolute atomic E-state index is 0.0361. The SMILES string of the molecule is COc1ccc(/C(=C\c2cc(Br)c(O)c(OC)c2)C(=O)O)cc1. The van der Waals surface area contributed by atoms with Crippen LogP contribution in [0.1, 0.15) is 11.1 Å². The van der Waals surface area contributed by atoms with Gasteiger partial charge in [-0.05, 0) is 57.4 Å². The molecule has 0 saturated carbocycles. The third-order valence-corrected chi connectivity index (χ3v) is 3.82. The zero-order valence-electron chi connectivity index (χ0n) is 12.5. The minimum atomic E-state index is -1.06. The minimum Gasteiger partial charge on any atom is -0.503 e. The van der Waals surface area contributed by atoms with Crippen LogP contribution in [0.15, 0.2) is 40.9 Å². The molecule has 6 heteroatoms. The highest BCUT2D eigenvalue weighted by atomic mass is 79.9. The van der Waals surface area contributed by atoms with Crippen molar-refractivity contribution in [3.05, 3.63) is 52.0 Å². The normalized spacial score (nSPS) is 11.2. The highest BCUT2D eigenvalue weighted by Crippen LogP contribution is 2.36. The number of carbonyl (C=O) groups is 1. The average Bonchev–Trinajstić information content (AvgIpc) is 2.55. The number of aliphatic carboxylic acids is 1. The van der Waals surface area contributed by atoms with E-state index in [-0.39, 0.29) is 17.1 Å². The summed E-state index contributed by atoms with van der Waals surface area (Å²) in [4.78, 5) is 11.6. The van der Waals surface area contributed by atoms with Crippen LogP contribution in [0.4, 0.5) is 0 Å². The van der Waals surface area contributed by atoms with Crippen molar-refractivity contribution in [2.45, 2.75) is 0 Å². The van der Waals surface area contributed by atoms with Gasteiger partial charge in [0.2, 0.25) is 0 Å². The van der Waals surface area contributed by atoms with E-state index in [4.69, 9.17) is 9.47 Å². The van der Waals surface area contributed by atoms with Gasteiger partial charge in [0.1, 0.15) is 5.75 Å². The Hall–Kier alpha value is -2.47. The van der Waals surface area contributed by atoms with Crippen molar-refractivity contribution in [3.63, 3.8) is 0 Å². The lowest BCUT2D eigenvalue weighted by atomic mass is 10.0. The number of phenolic OH excluding ortho intramolecular Hbond substituents is 1. The molecule has 0 bridgehead atoms. The molecule has 0 heterocycles. The number of methoxy groups -OCH3 is 2. The Morgan fingerprint density at radius 2 is 1.78 bits per heavy atom. The number of carboxylic acids is 1. The summed E-state index contributed by atoms with van der Waals surface area (Å²) in [6.07, 6.45) is 1.51. The highest BCUT2D eigenvalue weighted by molar-refractivity contribution is 9.10. The molecule has 120 valence electrons. The molecule has 0 aliphatic heterocycles. The van der Waals surface area contributed by atoms with Crippen molar-refractivity contribution in [1.82, 2.24) is 0 Å². The maximum Gasteiger partial charge on any atom is 0.336 e. The summed E-state index contributed by atoms with van der Waals surface area (Å²) in [6, 6.07) is 9.91. The van der Waals surface area contributed by atoms with Crippen LogP contribution in [-0.4, -0.2) is 30.4 Å². The number of benzene rings is 2. The third-order valence-electron chi connectivity index (χ3n) is 3.21. The van der Waals surface area contributed by atoms with Crippen LogP contribution in [0, 0.1) is 0 Å². The molecule has 0 unspecified atom stereocenters. The molecule has 2 aromatic rings. The molecule has 0 aromatic heterocycles. The van der Waals surface area contributed by atoms with Gasteiger partial charge in [-0.3, -0.25) is 0 Å². The molecule has 2 aromatic carbocycles. The topological polar surface area (TPSA) is 76.0 Å². The number of hydrogen-bond acceptors (Lipinski definition) is 4. The Morgan fingerprint density at radius 1 is 1.13 bits per heavy atom. The number of carboxylic acid groups (broad SMARTS) is 1. The van der Waals surface area contributed by atoms with Crippen molar-refractivity contribution < 1.29 is 24.5 Å². The summed E-state index contributed by atoms with van der Waals surface area (Å²) >= 11 is 3.22. The molecule has 0 amide bonds. The van der Waals surface area contributed by atoms with Crippen LogP contribution in [0.5, 0.6) is 17.2 Å². The summed E-state index contributed by atoms with van der Waals surface area (Å²) < 4.78 is 10.6. The first-order chi connectivity index (χ1) is 11.0. The molecule has 5 nitrogen and oxygen atoms in total. The predicted octanol–water partition coefficient (Wildman–Crippen LogP) is 3.80. The van der Waals surface area contributed by atoms with Crippen LogP contribution >= 0.6 is 15.9 Å². The van der Waals surface area contributed by atoms with Crippen LogP contribution < -0.4 is 9.47 Å². The summed E-state index contributed by atoms with van der Waals surface area (Å²) in [5.41, 5.74) is 1.24. The quantitative estimate of drug-likeness (QED) is 0.611. The molecule has 0 atom stereocenters. The number of aromatic hydroxyl groups is 1. The third kappa shape index (κ3) is 3.84. The molecule has 0 radical (unpaired) electrons. The summed E-state index contributed by atoms with van der Waals surface area (Å²) in [5.74, 6) is -0.193. The van der Waals surface area contributed by atoms with Gasteiger partial charge in [-0.2, -0.15) is 0 Å². The Kier molecular flexibility index (Phi) is 5.28. The Bertz CT molecular complexity index is 750. The van der Waals surface area contributed by atoms with Crippen LogP contribution in [-0.2, 0) is 4.79 Å². The van der Waals surface area contributed by atoms with Crippen molar-refractivity contribution in [1.29, 1.82) is 0 Å². The van der Waals surface area contributed by atoms with Crippen molar-refractivity contribution in [2.24, 2.45) is 0 Å². The maximum atomic E-state index is 11.6. The molecule has 0 saturated heterocycles. The summed E-state index contributed by atoms with van der Waals surface area (Å²) in [7, 11) is 2.97. The molecule has 0 fully saturated rings. The molecular weight excluding hydrogens is 364 g/mol. The smallest absolute Gasteiger partial charge is 0.336 e. The maximum absolute atomic E-state index is 11.6. The molecule has 0 aliphatic rings. The van der Waals surface area contributed by atoms with E-state index in [0.29, 0.717) is 21.3 Å². The van der Waals surface area contributed by atoms with Crippen molar-refractivity contribution in [3.8, 4) is 17.2 Å². The van der Waals surface area contributed by atoms with Gasteiger partial charge in [-0.15, -0.1) is 0 Å². The Morgan fingerprint density at radius 3 is 2.30 bits per heavy atom. The lowest BCUT2D eigenvalue weighted by molar-refractivity contribution is -0.130. The van der Waals surface area contributed by atoms with Gasteiger partial charge in [0, 0.05) is 0 Å². The number of phenols is 1. The van der Waals surface area contributed by atoms with E-state index >= 15 is 0 Å². The summed E-state index contributed by atoms with van der Waals surface area (Å²) in [5, 5.41) is 19.3. The predicted molar refractivity (Wildman–Crippen MR) is 90.9 cm³/mol. The first kappa shape index (κ1) is 16.9. The lowest BCUT2D eigenvalue weighted by Crippen LogP contribution is -2.00. The van der Waals surface area contributed by atoms with E-state index in [1.165, 1.54) is 13.2 Å². The molecule has 23 heavy (non-hydrogen) atoms. The van der Waals surface area contributed by atoms with E-state index in [0.717, 1.165) is 0 Å². The summed E-state index contributed by atoms with van der Waals surface area (Å²) in [6.45, 7) is 0. The largest absolute Gasteiger partial charge is 0.503 e. The Balaban J connectivity index is 2.50. The number of rotatable bonds is 5. The first-order valence-corrected chi connectivity index (χ1v) is 7.41. The van der Waals surface area contributed by atoms with E-state index in [1.54, 1.807) is 43.5 Å². The fourth-order valence-electron chi connectivity index (χ4n) is 2.04. The average molecular weight is 379 g/mol. The number of hydrogen-bond donors (Lipinski definition) is 2. The van der Waals surface area contributed by atoms with E-state index in [9.17, 15) is 15.0 Å². The molecule has 0 spiro atoms. The van der Waals surface area contributed by atoms with Crippen LogP contribution in [0.3, 0.4) is 0 Å². The molecular formula is C17H15BrO5. The standard InChI is InChI=1S/C17H15BrO5/c1-22-12-5-3-11(4-6-12)13(17(20)21)7-10-8-14(18)16(19)15(9-10)23-2/h3-9,19H,1-2H3,(H,20,21)/b13-7+. The molecule has 0 aliphatic carbocycles. The zero-order valence-corrected chi connectivity index (χ0v) is 14.1. The van der Waals surface area contributed by atoms with E-state index in [2.05, 4.69) is 15.9 Å². The highest BCUT2D eigenvalue weighted by Gasteiger charge is 2.13. The van der Waals surface area contributed by atoms with Gasteiger partial charge in [-0.1, -0.05) is 12.1 Å². The second-order valence-electron chi connectivity index (χ2n) is 4.65. The van der Waals surface area contributed by atoms with E-state index in [1.807, 2.05) is 0 Å². The fourth-order valence-corrected chi connectivity index (χ4v) is 2.50. The van der Waals surface area contributed by atoms with Crippen LogP contribution in [0.2, 0.25) is 0 Å². The van der Waals surface area contributed by atoms with Crippen molar-refractivity contribution in [2.75, 3.05) is 14.2 Å². The monoisotopic (exact) mass is 378 g/mol. The fraction of sp³-hybridized carbons (Fsp3) is 0.118. The number of halogens is 1. The van der Waals surface area contributed by atoms with Gasteiger partial charge >= 0.3 is 5.97 Å². The first-order valence-electron chi connectivity index (χ1n) is 6.62. The van der Waals surface area contributed by atoms with Gasteiger partial charge in [0.25, 0.3) is 0 Å². The number of ether oxygens (including phenoxy) is 2. The molecule has 2 N–H and O–H groups in total. The van der Waals surface area contributed by atoms with Gasteiger partial charge < -0.3 is 19.7 Å². The Labute approximate surface area is 141 Å². The van der Waals surface area contributed by atoms with Crippen LogP contribution in [0.25, 0.3) is 11.6 Å². The second-order valence-corrected chi connectivity index (χ2v) is 5.50. The van der Waals surface area contributed by atoms with E-state index < -0.39 is 5.97 Å². The van der Waals surface area contributed by atoms with Gasteiger partial charge in [-0.25, -0.2) is 4.79 Å². The second kappa shape index (κ2) is 7.19. The van der Waals surface area contributed by atoms with Gasteiger partial charge in [0.15, 0.2) is 11.5 Å². The zero-order chi connectivity index (χ0) is 17.0. The molecule has 2 rings (SSSR count). The lowest BCUT2D eigenvalue weighted by Gasteiger charge is -2.08. The van der Waals surface area contributed by atoms with Gasteiger partial charge in [0.05, 0.1) is 24.3 Å².